The van der Waals surface area contributed by atoms with Crippen molar-refractivity contribution in [3.8, 4) is 11.3 Å². The summed E-state index contributed by atoms with van der Waals surface area (Å²) in [6.07, 6.45) is -1.81. The molecule has 0 aliphatic rings. The fourth-order valence-corrected chi connectivity index (χ4v) is 2.26. The number of para-hydroxylation sites is 2. The predicted molar refractivity (Wildman–Crippen MR) is 99.2 cm³/mol. The van der Waals surface area contributed by atoms with Gasteiger partial charge in [0, 0.05) is 58.9 Å². The van der Waals surface area contributed by atoms with Crippen LogP contribution in [0.4, 0.5) is 4.39 Å². The van der Waals surface area contributed by atoms with Crippen LogP contribution in [-0.2, 0) is 30.5 Å². The standard InChI is InChI=1S/C15H10FN2.C5H12O4.Pt/c1-10-15(11-6-8-12(16)9-7-11)18-14-5-3-2-4-13(14)17-10;1-8-4(6)3-5(7)9-2;/h2-6,8-9H,1H3;4-7H,3H2,1-2H3;/q-1;;. The van der Waals surface area contributed by atoms with Gasteiger partial charge in [-0.15, -0.1) is 29.8 Å². The number of hydrogen-bond acceptors (Lipinski definition) is 6. The number of hydrogen-bond donors (Lipinski definition) is 2. The minimum absolute atomic E-state index is 0. The second kappa shape index (κ2) is 11.9. The van der Waals surface area contributed by atoms with Crippen LogP contribution in [0.1, 0.15) is 12.1 Å². The monoisotopic (exact) mass is 568 g/mol. The average Bonchev–Trinajstić information content (AvgIpc) is 2.68. The molecule has 0 spiro atoms. The second-order valence-corrected chi connectivity index (χ2v) is 5.68. The first-order valence-electron chi connectivity index (χ1n) is 8.27. The number of fused-ring (bicyclic) bond motifs is 1. The number of halogens is 1. The predicted octanol–water partition coefficient (Wildman–Crippen LogP) is 2.85. The van der Waals surface area contributed by atoms with Crippen molar-refractivity contribution in [1.82, 2.24) is 9.97 Å². The van der Waals surface area contributed by atoms with Crippen molar-refractivity contribution in [2.24, 2.45) is 0 Å². The normalized spacial score (nSPS) is 12.5. The van der Waals surface area contributed by atoms with Crippen LogP contribution in [0, 0.1) is 18.8 Å². The summed E-state index contributed by atoms with van der Waals surface area (Å²) >= 11 is 0. The van der Waals surface area contributed by atoms with Crippen LogP contribution in [0.5, 0.6) is 0 Å². The van der Waals surface area contributed by atoms with Gasteiger partial charge in [-0.05, 0) is 19.1 Å². The molecule has 2 N–H and O–H groups in total. The number of aliphatic hydroxyl groups is 2. The minimum atomic E-state index is -0.944. The van der Waals surface area contributed by atoms with Gasteiger partial charge in [-0.25, -0.2) is 0 Å². The van der Waals surface area contributed by atoms with Crippen molar-refractivity contribution in [1.29, 1.82) is 0 Å². The van der Waals surface area contributed by atoms with E-state index in [-0.39, 0.29) is 33.3 Å². The molecular formula is C20H22FN2O4Pt-. The number of aromatic nitrogens is 2. The first kappa shape index (κ1) is 24.3. The third-order valence-electron chi connectivity index (χ3n) is 3.72. The van der Waals surface area contributed by atoms with E-state index in [1.54, 1.807) is 6.07 Å². The molecule has 2 unspecified atom stereocenters. The average molecular weight is 568 g/mol. The number of aliphatic hydroxyl groups excluding tert-OH is 2. The quantitative estimate of drug-likeness (QED) is 0.364. The number of ether oxygens (including phenoxy) is 2. The molecule has 0 aliphatic heterocycles. The smallest absolute Gasteiger partial charge is 0.158 e. The van der Waals surface area contributed by atoms with E-state index in [2.05, 4.69) is 25.5 Å². The summed E-state index contributed by atoms with van der Waals surface area (Å²) in [5.74, 6) is -0.301. The molecule has 0 radical (unpaired) electrons. The summed E-state index contributed by atoms with van der Waals surface area (Å²) in [6, 6.07) is 15.0. The zero-order valence-electron chi connectivity index (χ0n) is 15.7. The van der Waals surface area contributed by atoms with Crippen LogP contribution in [0.3, 0.4) is 0 Å². The van der Waals surface area contributed by atoms with Crippen molar-refractivity contribution in [2.45, 2.75) is 25.9 Å². The Morgan fingerprint density at radius 1 is 1.00 bits per heavy atom. The maximum absolute atomic E-state index is 12.9. The molecule has 6 nitrogen and oxygen atoms in total. The summed E-state index contributed by atoms with van der Waals surface area (Å²) in [4.78, 5) is 9.06. The zero-order valence-corrected chi connectivity index (χ0v) is 18.0. The van der Waals surface area contributed by atoms with Crippen molar-refractivity contribution < 1.29 is 45.1 Å². The molecule has 3 rings (SSSR count). The molecule has 2 aromatic carbocycles. The van der Waals surface area contributed by atoms with E-state index < -0.39 is 12.6 Å². The van der Waals surface area contributed by atoms with Gasteiger partial charge in [0.1, 0.15) is 0 Å². The van der Waals surface area contributed by atoms with Gasteiger partial charge < -0.3 is 19.7 Å². The number of rotatable bonds is 5. The molecule has 28 heavy (non-hydrogen) atoms. The zero-order chi connectivity index (χ0) is 19.8. The Kier molecular flexibility index (Phi) is 10.4. The molecule has 3 aromatic rings. The topological polar surface area (TPSA) is 84.7 Å². The maximum Gasteiger partial charge on any atom is 0.158 e. The Labute approximate surface area is 177 Å². The van der Waals surface area contributed by atoms with Crippen LogP contribution >= 0.6 is 0 Å². The number of methoxy groups -OCH3 is 2. The van der Waals surface area contributed by atoms with E-state index >= 15 is 0 Å². The molecule has 0 bridgehead atoms. The fourth-order valence-electron chi connectivity index (χ4n) is 2.26. The van der Waals surface area contributed by atoms with Gasteiger partial charge in [-0.2, -0.15) is 0 Å². The van der Waals surface area contributed by atoms with E-state index in [9.17, 15) is 4.39 Å². The molecule has 2 atom stereocenters. The third-order valence-corrected chi connectivity index (χ3v) is 3.72. The molecular weight excluding hydrogens is 546 g/mol. The SMILES string of the molecule is COC(O)CC(O)OC.Cc1nc2ccccc2nc1-c1[c-]cc(F)cc1.[Pt]. The Morgan fingerprint density at radius 2 is 1.57 bits per heavy atom. The first-order chi connectivity index (χ1) is 12.9. The Balaban J connectivity index is 0.000000339. The van der Waals surface area contributed by atoms with E-state index in [0.717, 1.165) is 28.0 Å². The van der Waals surface area contributed by atoms with Crippen molar-refractivity contribution in [3.63, 3.8) is 0 Å². The molecule has 1 aromatic heterocycles. The summed E-state index contributed by atoms with van der Waals surface area (Å²) < 4.78 is 21.8. The van der Waals surface area contributed by atoms with Gasteiger partial charge >= 0.3 is 0 Å². The second-order valence-electron chi connectivity index (χ2n) is 5.68. The molecule has 154 valence electrons. The van der Waals surface area contributed by atoms with E-state index in [4.69, 9.17) is 10.2 Å². The van der Waals surface area contributed by atoms with Crippen LogP contribution in [0.25, 0.3) is 22.3 Å². The molecule has 8 heteroatoms. The van der Waals surface area contributed by atoms with Crippen LogP contribution in [-0.4, -0.2) is 47.0 Å². The van der Waals surface area contributed by atoms with Gasteiger partial charge in [0.2, 0.25) is 0 Å². The van der Waals surface area contributed by atoms with Gasteiger partial charge in [-0.3, -0.25) is 14.4 Å². The first-order valence-corrected chi connectivity index (χ1v) is 8.27. The van der Waals surface area contributed by atoms with Crippen molar-refractivity contribution >= 4 is 11.0 Å². The Morgan fingerprint density at radius 3 is 2.07 bits per heavy atom. The molecule has 0 saturated heterocycles. The minimum Gasteiger partial charge on any atom is -0.368 e. The summed E-state index contributed by atoms with van der Waals surface area (Å²) in [5, 5.41) is 17.4. The van der Waals surface area contributed by atoms with Gasteiger partial charge in [0.25, 0.3) is 0 Å². The van der Waals surface area contributed by atoms with E-state index in [0.29, 0.717) is 0 Å². The number of nitrogens with zero attached hydrogens (tertiary/aromatic N) is 2. The van der Waals surface area contributed by atoms with E-state index in [1.165, 1.54) is 26.4 Å². The van der Waals surface area contributed by atoms with Gasteiger partial charge in [0.05, 0.1) is 11.0 Å². The maximum atomic E-state index is 12.9. The fraction of sp³-hybridized carbons (Fsp3) is 0.300. The molecule has 0 amide bonds. The molecule has 0 saturated carbocycles. The Hall–Kier alpha value is -1.76. The van der Waals surface area contributed by atoms with Crippen molar-refractivity contribution in [3.05, 3.63) is 60.0 Å². The van der Waals surface area contributed by atoms with Crippen LogP contribution < -0.4 is 0 Å². The van der Waals surface area contributed by atoms with Crippen LogP contribution in [0.2, 0.25) is 0 Å². The summed E-state index contributed by atoms with van der Waals surface area (Å²) in [5.41, 5.74) is 4.01. The Bertz CT molecular complexity index is 856. The molecule has 0 fully saturated rings. The van der Waals surface area contributed by atoms with E-state index in [1.807, 2.05) is 31.2 Å². The summed E-state index contributed by atoms with van der Waals surface area (Å²) in [6.45, 7) is 1.89. The molecule has 0 aliphatic carbocycles. The number of aryl methyl sites for hydroxylation is 1. The number of benzene rings is 2. The van der Waals surface area contributed by atoms with Crippen LogP contribution in [0.15, 0.2) is 42.5 Å². The summed E-state index contributed by atoms with van der Waals surface area (Å²) in [7, 11) is 2.71. The largest absolute Gasteiger partial charge is 0.368 e. The van der Waals surface area contributed by atoms with Crippen molar-refractivity contribution in [2.75, 3.05) is 14.2 Å². The van der Waals surface area contributed by atoms with Gasteiger partial charge in [0.15, 0.2) is 12.6 Å². The third kappa shape index (κ3) is 7.00. The molecule has 1 heterocycles. The van der Waals surface area contributed by atoms with Gasteiger partial charge in [-0.1, -0.05) is 12.1 Å².